The molecule has 84 valence electrons. The van der Waals surface area contributed by atoms with Crippen LogP contribution in [0.3, 0.4) is 0 Å². The van der Waals surface area contributed by atoms with E-state index in [1.807, 2.05) is 41.5 Å². The normalized spacial score (nSPS) is 14.3. The van der Waals surface area contributed by atoms with Gasteiger partial charge in [-0.15, -0.1) is 0 Å². The molecular weight excluding hydrogens is 156 g/mol. The fourth-order valence-electron chi connectivity index (χ4n) is 0.250. The van der Waals surface area contributed by atoms with E-state index in [-0.39, 0.29) is 0 Å². The third-order valence-corrected chi connectivity index (χ3v) is 1.35. The van der Waals surface area contributed by atoms with Gasteiger partial charge in [-0.05, 0) is 0 Å². The van der Waals surface area contributed by atoms with Gasteiger partial charge in [-0.2, -0.15) is 0 Å². The maximum atomic E-state index is 2.00. The van der Waals surface area contributed by atoms with Crippen molar-refractivity contribution in [2.45, 2.75) is 86.5 Å². The van der Waals surface area contributed by atoms with E-state index < -0.39 is 0 Å². The van der Waals surface area contributed by atoms with Crippen LogP contribution in [-0.4, -0.2) is 0 Å². The molecule has 0 bridgehead atoms. The molecule has 0 aromatic rings. The Labute approximate surface area is 87.1 Å². The third kappa shape index (κ3) is 48.0. The number of rotatable bonds is 0. The van der Waals surface area contributed by atoms with Crippen molar-refractivity contribution in [2.24, 2.45) is 0 Å². The molecule has 0 aromatic carbocycles. The van der Waals surface area contributed by atoms with Gasteiger partial charge in [-0.3, -0.25) is 0 Å². The summed E-state index contributed by atoms with van der Waals surface area (Å²) in [6.45, 7) is 12.0. The quantitative estimate of drug-likeness (QED) is 0.450. The molecule has 0 aromatic heterocycles. The Morgan fingerprint density at radius 2 is 0.385 bits per heavy atom. The summed E-state index contributed by atoms with van der Waals surface area (Å²) in [4.78, 5) is 0. The lowest BCUT2D eigenvalue weighted by atomic mass is 10.0. The van der Waals surface area contributed by atoms with Crippen LogP contribution in [0.5, 0.6) is 0 Å². The van der Waals surface area contributed by atoms with Crippen LogP contribution in [-0.2, 0) is 0 Å². The minimum absolute atomic E-state index is 1.50. The van der Waals surface area contributed by atoms with Gasteiger partial charge in [0.05, 0.1) is 0 Å². The molecule has 0 radical (unpaired) electrons. The van der Waals surface area contributed by atoms with Gasteiger partial charge >= 0.3 is 0 Å². The van der Waals surface area contributed by atoms with Crippen LogP contribution in [0.1, 0.15) is 86.5 Å². The lowest BCUT2D eigenvalue weighted by Crippen LogP contribution is -1.85. The van der Waals surface area contributed by atoms with Gasteiger partial charge in [-0.25, -0.2) is 0 Å². The van der Waals surface area contributed by atoms with Gasteiger partial charge in [0.1, 0.15) is 0 Å². The molecule has 0 aliphatic heterocycles. The summed E-state index contributed by atoms with van der Waals surface area (Å²) in [5.74, 6) is 0. The SMILES string of the molecule is C1CC1.C1CCC1.CC.CC.CC. The molecule has 2 rings (SSSR count). The second-order valence-electron chi connectivity index (χ2n) is 2.47. The highest BCUT2D eigenvalue weighted by Crippen LogP contribution is 2.15. The van der Waals surface area contributed by atoms with Crippen molar-refractivity contribution in [3.8, 4) is 0 Å². The summed E-state index contributed by atoms with van der Waals surface area (Å²) in [5.41, 5.74) is 0. The van der Waals surface area contributed by atoms with E-state index >= 15 is 0 Å². The average molecular weight is 188 g/mol. The molecule has 0 spiro atoms. The van der Waals surface area contributed by atoms with E-state index in [9.17, 15) is 0 Å². The van der Waals surface area contributed by atoms with Crippen molar-refractivity contribution in [1.82, 2.24) is 0 Å². The van der Waals surface area contributed by atoms with Crippen LogP contribution in [0.25, 0.3) is 0 Å². The van der Waals surface area contributed by atoms with Crippen LogP contribution in [0.2, 0.25) is 0 Å². The zero-order valence-corrected chi connectivity index (χ0v) is 10.9. The van der Waals surface area contributed by atoms with Crippen molar-refractivity contribution in [1.29, 1.82) is 0 Å². The van der Waals surface area contributed by atoms with Crippen LogP contribution >= 0.6 is 0 Å². The molecular formula is C13H32. The first-order valence-electron chi connectivity index (χ1n) is 6.50. The molecule has 0 heteroatoms. The average Bonchev–Trinajstić information content (AvgIpc) is 2.97. The standard InChI is InChI=1S/C4H8.C3H6.3C2H6/c1-2-4-3-1;1-2-3-1;3*1-2/h1-4H2;1-3H2;3*1-2H3. The van der Waals surface area contributed by atoms with Gasteiger partial charge in [0.25, 0.3) is 0 Å². The van der Waals surface area contributed by atoms with Crippen molar-refractivity contribution < 1.29 is 0 Å². The zero-order chi connectivity index (χ0) is 10.9. The first-order valence-corrected chi connectivity index (χ1v) is 6.50. The van der Waals surface area contributed by atoms with Crippen molar-refractivity contribution in [3.05, 3.63) is 0 Å². The van der Waals surface area contributed by atoms with E-state index in [4.69, 9.17) is 0 Å². The van der Waals surface area contributed by atoms with Crippen LogP contribution in [0.4, 0.5) is 0 Å². The minimum atomic E-state index is 1.50. The molecule has 0 atom stereocenters. The highest BCUT2D eigenvalue weighted by Gasteiger charge is 1.95. The van der Waals surface area contributed by atoms with Gasteiger partial charge in [0, 0.05) is 0 Å². The summed E-state index contributed by atoms with van der Waals surface area (Å²) in [5, 5.41) is 0. The van der Waals surface area contributed by atoms with E-state index in [2.05, 4.69) is 0 Å². The van der Waals surface area contributed by atoms with Gasteiger partial charge in [0.2, 0.25) is 0 Å². The maximum Gasteiger partial charge on any atom is -0.0533 e. The Hall–Kier alpha value is 0. The first kappa shape index (κ1) is 18.7. The molecule has 0 amide bonds. The summed E-state index contributed by atoms with van der Waals surface area (Å²) < 4.78 is 0. The Kier molecular flexibility index (Phi) is 42.7. The highest BCUT2D eigenvalue weighted by atomic mass is 14.0. The molecule has 13 heavy (non-hydrogen) atoms. The third-order valence-electron chi connectivity index (χ3n) is 1.35. The molecule has 2 aliphatic carbocycles. The topological polar surface area (TPSA) is 0 Å². The fourth-order valence-corrected chi connectivity index (χ4v) is 0.250. The smallest absolute Gasteiger partial charge is 0.0533 e. The summed E-state index contributed by atoms with van der Waals surface area (Å²) in [6, 6.07) is 0. The lowest BCUT2D eigenvalue weighted by Gasteiger charge is -2.05. The second-order valence-corrected chi connectivity index (χ2v) is 2.47. The molecule has 2 saturated carbocycles. The van der Waals surface area contributed by atoms with Gasteiger partial charge in [0.15, 0.2) is 0 Å². The van der Waals surface area contributed by atoms with Crippen LogP contribution < -0.4 is 0 Å². The largest absolute Gasteiger partial charge is 0.0683 e. The summed E-state index contributed by atoms with van der Waals surface area (Å²) >= 11 is 0. The highest BCUT2D eigenvalue weighted by molar-refractivity contribution is 4.51. The van der Waals surface area contributed by atoms with Crippen molar-refractivity contribution in [3.63, 3.8) is 0 Å². The van der Waals surface area contributed by atoms with E-state index in [1.54, 1.807) is 0 Å². The lowest BCUT2D eigenvalue weighted by molar-refractivity contribution is 0.504. The minimum Gasteiger partial charge on any atom is -0.0683 e. The van der Waals surface area contributed by atoms with Crippen LogP contribution in [0.15, 0.2) is 0 Å². The Bertz CT molecular complexity index is 26.5. The van der Waals surface area contributed by atoms with E-state index in [0.717, 1.165) is 0 Å². The zero-order valence-electron chi connectivity index (χ0n) is 10.9. The van der Waals surface area contributed by atoms with Crippen molar-refractivity contribution >= 4 is 0 Å². The molecule has 2 fully saturated rings. The first-order chi connectivity index (χ1) is 6.50. The van der Waals surface area contributed by atoms with Gasteiger partial charge < -0.3 is 0 Å². The molecule has 0 nitrogen and oxygen atoms in total. The second kappa shape index (κ2) is 29.6. The molecule has 0 heterocycles. The number of hydrogen-bond acceptors (Lipinski definition) is 0. The van der Waals surface area contributed by atoms with Crippen molar-refractivity contribution in [2.75, 3.05) is 0 Å². The maximum absolute atomic E-state index is 2.00. The van der Waals surface area contributed by atoms with Crippen LogP contribution in [0, 0.1) is 0 Å². The van der Waals surface area contributed by atoms with E-state index in [0.29, 0.717) is 0 Å². The monoisotopic (exact) mass is 188 g/mol. The van der Waals surface area contributed by atoms with Gasteiger partial charge in [-0.1, -0.05) is 86.5 Å². The molecule has 0 saturated heterocycles. The summed E-state index contributed by atoms with van der Waals surface area (Å²) in [7, 11) is 0. The summed E-state index contributed by atoms with van der Waals surface area (Å²) in [6.07, 6.45) is 10.5. The molecule has 0 unspecified atom stereocenters. The Morgan fingerprint density at radius 3 is 0.385 bits per heavy atom. The molecule has 2 aliphatic rings. The van der Waals surface area contributed by atoms with E-state index in [1.165, 1.54) is 44.9 Å². The Morgan fingerprint density at radius 1 is 0.308 bits per heavy atom. The predicted molar refractivity (Wildman–Crippen MR) is 66.4 cm³/mol. The molecule has 0 N–H and O–H groups in total. The Balaban J connectivity index is -0.000000102. The fraction of sp³-hybridized carbons (Fsp3) is 1.00. The predicted octanol–water partition coefficient (Wildman–Crippen LogP) is 5.81. The number of hydrogen-bond donors (Lipinski definition) is 0.